The topological polar surface area (TPSA) is 111 Å². The molecule has 0 radical (unpaired) electrons. The zero-order valence-electron chi connectivity index (χ0n) is 21.7. The van der Waals surface area contributed by atoms with Crippen LogP contribution in [0.25, 0.3) is 0 Å². The molecule has 3 saturated heterocycles. The van der Waals surface area contributed by atoms with Gasteiger partial charge in [0.25, 0.3) is 0 Å². The number of nitrogens with one attached hydrogen (secondary N) is 1. The lowest BCUT2D eigenvalue weighted by molar-refractivity contribution is -0.235. The lowest BCUT2D eigenvalue weighted by Crippen LogP contribution is -2.49. The van der Waals surface area contributed by atoms with E-state index >= 15 is 0 Å². The van der Waals surface area contributed by atoms with E-state index in [1.54, 1.807) is 13.8 Å². The summed E-state index contributed by atoms with van der Waals surface area (Å²) in [7, 11) is 0. The highest BCUT2D eigenvalue weighted by atomic mass is 16.8. The van der Waals surface area contributed by atoms with Crippen molar-refractivity contribution in [3.8, 4) is 0 Å². The first-order valence-electron chi connectivity index (χ1n) is 12.4. The Labute approximate surface area is 211 Å². The number of rotatable bonds is 8. The molecule has 10 nitrogen and oxygen atoms in total. The minimum atomic E-state index is -0.916. The molecule has 36 heavy (non-hydrogen) atoms. The van der Waals surface area contributed by atoms with Gasteiger partial charge in [0.15, 0.2) is 30.1 Å². The standard InChI is InChI=1S/C26H37NO9/c1-15(2)12-17(27-24(29)30-13-16-10-8-7-9-11-16)22(28)32-20-19(18-14-31-25(3,4)34-18)33-23-21(20)35-26(5,6)36-23/h7-11,15,17-21,23H,12-14H2,1-6H3,(H,27,29)/t17-,18+,19-,20+,21-,23+/m1/s1. The molecule has 0 aromatic heterocycles. The molecule has 3 aliphatic heterocycles. The lowest BCUT2D eigenvalue weighted by Gasteiger charge is -2.30. The van der Waals surface area contributed by atoms with Gasteiger partial charge in [-0.15, -0.1) is 0 Å². The van der Waals surface area contributed by atoms with Crippen molar-refractivity contribution in [2.45, 2.75) is 103 Å². The van der Waals surface area contributed by atoms with Gasteiger partial charge in [-0.25, -0.2) is 9.59 Å². The lowest BCUT2D eigenvalue weighted by atomic mass is 10.0. The normalized spacial score (nSPS) is 31.1. The van der Waals surface area contributed by atoms with Crippen molar-refractivity contribution < 1.29 is 42.7 Å². The maximum Gasteiger partial charge on any atom is 0.408 e. The summed E-state index contributed by atoms with van der Waals surface area (Å²) < 4.78 is 41.0. The number of ether oxygens (including phenoxy) is 7. The van der Waals surface area contributed by atoms with Crippen LogP contribution in [-0.4, -0.2) is 67.0 Å². The number of benzene rings is 1. The van der Waals surface area contributed by atoms with Gasteiger partial charge >= 0.3 is 12.1 Å². The quantitative estimate of drug-likeness (QED) is 0.530. The summed E-state index contributed by atoms with van der Waals surface area (Å²) in [5.74, 6) is -2.18. The molecule has 1 aromatic carbocycles. The Morgan fingerprint density at radius 1 is 1.03 bits per heavy atom. The largest absolute Gasteiger partial charge is 0.455 e. The van der Waals surface area contributed by atoms with Crippen molar-refractivity contribution in [3.63, 3.8) is 0 Å². The van der Waals surface area contributed by atoms with Crippen LogP contribution < -0.4 is 5.32 Å². The molecule has 1 N–H and O–H groups in total. The van der Waals surface area contributed by atoms with Crippen LogP contribution in [0.15, 0.2) is 30.3 Å². The van der Waals surface area contributed by atoms with Crippen molar-refractivity contribution in [2.24, 2.45) is 5.92 Å². The van der Waals surface area contributed by atoms with E-state index in [-0.39, 0.29) is 19.1 Å². The van der Waals surface area contributed by atoms with Crippen LogP contribution in [0.4, 0.5) is 4.79 Å². The van der Waals surface area contributed by atoms with E-state index in [9.17, 15) is 9.59 Å². The van der Waals surface area contributed by atoms with Gasteiger partial charge in [0.05, 0.1) is 6.61 Å². The highest BCUT2D eigenvalue weighted by molar-refractivity contribution is 5.81. The second-order valence-electron chi connectivity index (χ2n) is 10.7. The first kappa shape index (κ1) is 26.8. The molecular weight excluding hydrogens is 470 g/mol. The van der Waals surface area contributed by atoms with Gasteiger partial charge in [0.1, 0.15) is 24.9 Å². The molecule has 0 unspecified atom stereocenters. The first-order chi connectivity index (χ1) is 16.9. The van der Waals surface area contributed by atoms with E-state index < -0.39 is 60.4 Å². The molecule has 0 aliphatic carbocycles. The fraction of sp³-hybridized carbons (Fsp3) is 0.692. The third-order valence-corrected chi connectivity index (χ3v) is 6.17. The Kier molecular flexibility index (Phi) is 7.92. The Balaban J connectivity index is 1.44. The zero-order chi connectivity index (χ0) is 26.1. The summed E-state index contributed by atoms with van der Waals surface area (Å²) >= 11 is 0. The van der Waals surface area contributed by atoms with Gasteiger partial charge in [0, 0.05) is 0 Å². The summed E-state index contributed by atoms with van der Waals surface area (Å²) in [5, 5.41) is 2.66. The van der Waals surface area contributed by atoms with Crippen LogP contribution in [-0.2, 0) is 44.6 Å². The van der Waals surface area contributed by atoms with E-state index in [0.29, 0.717) is 6.42 Å². The molecule has 0 saturated carbocycles. The van der Waals surface area contributed by atoms with Gasteiger partial charge in [-0.1, -0.05) is 44.2 Å². The zero-order valence-corrected chi connectivity index (χ0v) is 21.7. The Hall–Kier alpha value is -2.24. The molecule has 3 heterocycles. The molecule has 4 rings (SSSR count). The molecular formula is C26H37NO9. The number of hydrogen-bond donors (Lipinski definition) is 1. The predicted octanol–water partition coefficient (Wildman–Crippen LogP) is 3.27. The Bertz CT molecular complexity index is 919. The molecule has 3 fully saturated rings. The van der Waals surface area contributed by atoms with Crippen molar-refractivity contribution in [2.75, 3.05) is 6.61 Å². The molecule has 1 aromatic rings. The number of alkyl carbamates (subject to hydrolysis) is 1. The fourth-order valence-electron chi connectivity index (χ4n) is 4.62. The highest BCUT2D eigenvalue weighted by Crippen LogP contribution is 2.42. The van der Waals surface area contributed by atoms with Gasteiger partial charge < -0.3 is 38.5 Å². The second-order valence-corrected chi connectivity index (χ2v) is 10.7. The van der Waals surface area contributed by atoms with Crippen molar-refractivity contribution in [1.82, 2.24) is 5.32 Å². The van der Waals surface area contributed by atoms with Gasteiger partial charge in [0.2, 0.25) is 0 Å². The van der Waals surface area contributed by atoms with Crippen molar-refractivity contribution >= 4 is 12.1 Å². The van der Waals surface area contributed by atoms with Crippen LogP contribution in [0.1, 0.15) is 53.5 Å². The summed E-state index contributed by atoms with van der Waals surface area (Å²) in [6, 6.07) is 8.39. The molecule has 6 atom stereocenters. The van der Waals surface area contributed by atoms with E-state index in [1.807, 2.05) is 58.0 Å². The van der Waals surface area contributed by atoms with Gasteiger partial charge in [-0.3, -0.25) is 0 Å². The van der Waals surface area contributed by atoms with Crippen LogP contribution >= 0.6 is 0 Å². The van der Waals surface area contributed by atoms with E-state index in [2.05, 4.69) is 5.32 Å². The molecule has 3 aliphatic rings. The average Bonchev–Trinajstić information content (AvgIpc) is 3.41. The number of esters is 1. The van der Waals surface area contributed by atoms with Gasteiger partial charge in [-0.05, 0) is 45.6 Å². The van der Waals surface area contributed by atoms with Crippen LogP contribution in [0, 0.1) is 5.92 Å². The van der Waals surface area contributed by atoms with E-state index in [4.69, 9.17) is 33.2 Å². The third-order valence-electron chi connectivity index (χ3n) is 6.17. The van der Waals surface area contributed by atoms with Crippen molar-refractivity contribution in [1.29, 1.82) is 0 Å². The Morgan fingerprint density at radius 2 is 1.75 bits per heavy atom. The molecule has 10 heteroatoms. The Morgan fingerprint density at radius 3 is 2.39 bits per heavy atom. The highest BCUT2D eigenvalue weighted by Gasteiger charge is 2.60. The summed E-state index contributed by atoms with van der Waals surface area (Å²) in [5.41, 5.74) is 0.843. The predicted molar refractivity (Wildman–Crippen MR) is 126 cm³/mol. The number of fused-ring (bicyclic) bond motifs is 1. The summed E-state index contributed by atoms with van der Waals surface area (Å²) in [6.07, 6.45) is -3.66. The van der Waals surface area contributed by atoms with Crippen LogP contribution in [0.3, 0.4) is 0 Å². The van der Waals surface area contributed by atoms with Gasteiger partial charge in [-0.2, -0.15) is 0 Å². The van der Waals surface area contributed by atoms with Crippen molar-refractivity contribution in [3.05, 3.63) is 35.9 Å². The second kappa shape index (κ2) is 10.6. The molecule has 1 amide bonds. The molecule has 0 spiro atoms. The van der Waals surface area contributed by atoms with Crippen LogP contribution in [0.5, 0.6) is 0 Å². The smallest absolute Gasteiger partial charge is 0.408 e. The first-order valence-corrected chi connectivity index (χ1v) is 12.4. The van der Waals surface area contributed by atoms with E-state index in [0.717, 1.165) is 5.56 Å². The number of carbonyl (C=O) groups is 2. The third kappa shape index (κ3) is 6.54. The summed E-state index contributed by atoms with van der Waals surface area (Å²) in [4.78, 5) is 25.9. The summed E-state index contributed by atoms with van der Waals surface area (Å²) in [6.45, 7) is 11.4. The SMILES string of the molecule is CC(C)C[C@@H](NC(=O)OCc1ccccc1)C(=O)O[C@@H]1[C@H]2OC(C)(C)O[C@@H]2O[C@@H]1[C@@H]1COC(C)(C)O1. The average molecular weight is 508 g/mol. The monoisotopic (exact) mass is 507 g/mol. The minimum Gasteiger partial charge on any atom is -0.455 e. The number of amides is 1. The minimum absolute atomic E-state index is 0.0908. The fourth-order valence-corrected chi connectivity index (χ4v) is 4.62. The maximum absolute atomic E-state index is 13.4. The number of carbonyl (C=O) groups excluding carboxylic acids is 2. The molecule has 0 bridgehead atoms. The maximum atomic E-state index is 13.4. The van der Waals surface area contributed by atoms with E-state index in [1.165, 1.54) is 0 Å². The molecule has 200 valence electrons. The number of hydrogen-bond acceptors (Lipinski definition) is 9. The van der Waals surface area contributed by atoms with Crippen LogP contribution in [0.2, 0.25) is 0 Å².